The van der Waals surface area contributed by atoms with Gasteiger partial charge in [-0.3, -0.25) is 37.3 Å². The zero-order valence-electron chi connectivity index (χ0n) is 64.2. The van der Waals surface area contributed by atoms with Crippen LogP contribution >= 0.6 is 15.6 Å². The maximum absolute atomic E-state index is 13.1. The Kier molecular flexibility index (Phi) is 70.9. The third-order valence-electron chi connectivity index (χ3n) is 14.4. The largest absolute Gasteiger partial charge is 0.472 e. The zero-order chi connectivity index (χ0) is 77.4. The van der Waals surface area contributed by atoms with Crippen molar-refractivity contribution in [3.63, 3.8) is 0 Å². The number of aliphatic hydroxyl groups excluding tert-OH is 1. The number of carbonyl (C=O) groups is 4. The van der Waals surface area contributed by atoms with Crippen LogP contribution in [0.4, 0.5) is 0 Å². The molecule has 0 aliphatic carbocycles. The second kappa shape index (κ2) is 76.1. The Balaban J connectivity index is 5.62. The van der Waals surface area contributed by atoms with Crippen molar-refractivity contribution in [3.8, 4) is 0 Å². The SMILES string of the molecule is CC/C=C\C/C=C\C/C=C\C/C=C\C/C=C\CCCCCC(=O)OCC(COP(=O)(O)OCC(O)COP(=O)(O)OCC(COC(=O)C/C=C\C/C=C\C/C=C\C/C=C\C/C=C\CC)OC(=O)C/C=C\C/C=C\C/C=C\C/C=C\C/C=C\CC)OC(=O)CCC/C=C\C/C=C\C/C=C\C/C=C\C/C=C\CC. The smallest absolute Gasteiger partial charge is 0.462 e. The van der Waals surface area contributed by atoms with Crippen LogP contribution in [0.1, 0.15) is 220 Å². The minimum absolute atomic E-state index is 0.00789. The number of unbranched alkanes of at least 4 members (excludes halogenated alkanes) is 4. The van der Waals surface area contributed by atoms with Crippen LogP contribution in [0.15, 0.2) is 243 Å². The van der Waals surface area contributed by atoms with E-state index in [1.807, 2.05) is 36.5 Å². The number of carbonyl (C=O) groups excluding carboxylic acids is 4. The summed E-state index contributed by atoms with van der Waals surface area (Å²) < 4.78 is 68.1. The van der Waals surface area contributed by atoms with Gasteiger partial charge in [-0.05, 0) is 161 Å². The van der Waals surface area contributed by atoms with Crippen LogP contribution in [-0.2, 0) is 65.4 Å². The van der Waals surface area contributed by atoms with Gasteiger partial charge in [0.05, 0.1) is 39.3 Å². The molecule has 0 aliphatic rings. The molecule has 5 unspecified atom stereocenters. The Morgan fingerprint density at radius 2 is 0.519 bits per heavy atom. The molecule has 19 heteroatoms. The Morgan fingerprint density at radius 1 is 0.274 bits per heavy atom. The Labute approximate surface area is 637 Å². The predicted octanol–water partition coefficient (Wildman–Crippen LogP) is 22.4. The van der Waals surface area contributed by atoms with Crippen LogP contribution in [0.5, 0.6) is 0 Å². The molecule has 0 radical (unpaired) electrons. The predicted molar refractivity (Wildman–Crippen MR) is 435 cm³/mol. The van der Waals surface area contributed by atoms with Gasteiger partial charge in [-0.25, -0.2) is 9.13 Å². The number of allylic oxidation sites excluding steroid dienone is 38. The molecule has 17 nitrogen and oxygen atoms in total. The molecule has 0 heterocycles. The highest BCUT2D eigenvalue weighted by molar-refractivity contribution is 7.47. The van der Waals surface area contributed by atoms with Gasteiger partial charge in [-0.2, -0.15) is 0 Å². The molecule has 0 aromatic heterocycles. The number of phosphoric acid groups is 2. The summed E-state index contributed by atoms with van der Waals surface area (Å²) in [5, 5.41) is 10.6. The van der Waals surface area contributed by atoms with Crippen molar-refractivity contribution in [2.75, 3.05) is 39.6 Å². The zero-order valence-corrected chi connectivity index (χ0v) is 66.0. The van der Waals surface area contributed by atoms with E-state index in [4.69, 9.17) is 37.0 Å². The summed E-state index contributed by atoms with van der Waals surface area (Å²) in [4.78, 5) is 72.8. The minimum Gasteiger partial charge on any atom is -0.462 e. The molecule has 0 amide bonds. The van der Waals surface area contributed by atoms with E-state index in [1.165, 1.54) is 0 Å². The minimum atomic E-state index is -5.04. The van der Waals surface area contributed by atoms with Gasteiger partial charge in [-0.1, -0.05) is 277 Å². The molecule has 0 bridgehead atoms. The summed E-state index contributed by atoms with van der Waals surface area (Å²) in [7, 11) is -10.1. The molecule has 0 spiro atoms. The summed E-state index contributed by atoms with van der Waals surface area (Å²) >= 11 is 0. The number of hydrogen-bond acceptors (Lipinski definition) is 15. The lowest BCUT2D eigenvalue weighted by Gasteiger charge is -2.21. The average molecular weight is 1510 g/mol. The van der Waals surface area contributed by atoms with Crippen LogP contribution in [-0.4, -0.2) is 96.7 Å². The van der Waals surface area contributed by atoms with Crippen LogP contribution in [0.2, 0.25) is 0 Å². The lowest BCUT2D eigenvalue weighted by atomic mass is 10.1. The van der Waals surface area contributed by atoms with E-state index in [-0.39, 0.29) is 25.7 Å². The lowest BCUT2D eigenvalue weighted by Crippen LogP contribution is -2.30. The first-order chi connectivity index (χ1) is 51.7. The quantitative estimate of drug-likeness (QED) is 0.0169. The van der Waals surface area contributed by atoms with Crippen molar-refractivity contribution >= 4 is 39.5 Å². The molecule has 5 atom stereocenters. The van der Waals surface area contributed by atoms with Gasteiger partial charge in [0, 0.05) is 12.8 Å². The van der Waals surface area contributed by atoms with Gasteiger partial charge < -0.3 is 33.8 Å². The number of rotatable bonds is 68. The molecule has 0 saturated carbocycles. The number of phosphoric ester groups is 2. The van der Waals surface area contributed by atoms with Crippen molar-refractivity contribution in [1.82, 2.24) is 0 Å². The van der Waals surface area contributed by atoms with Gasteiger partial charge in [0.2, 0.25) is 0 Å². The summed E-state index contributed by atoms with van der Waals surface area (Å²) in [5.41, 5.74) is 0. The highest BCUT2D eigenvalue weighted by Crippen LogP contribution is 2.45. The Bertz CT molecular complexity index is 2980. The molecule has 0 aromatic carbocycles. The summed E-state index contributed by atoms with van der Waals surface area (Å²) in [6.07, 6.45) is 99.4. The molecule has 590 valence electrons. The molecule has 0 aliphatic heterocycles. The van der Waals surface area contributed by atoms with E-state index in [0.29, 0.717) is 32.1 Å². The van der Waals surface area contributed by atoms with Gasteiger partial charge in [0.25, 0.3) is 0 Å². The van der Waals surface area contributed by atoms with Gasteiger partial charge in [0.1, 0.15) is 19.3 Å². The van der Waals surface area contributed by atoms with Crippen LogP contribution in [0, 0.1) is 0 Å². The van der Waals surface area contributed by atoms with E-state index in [9.17, 15) is 43.2 Å². The number of esters is 4. The summed E-state index contributed by atoms with van der Waals surface area (Å²) in [5.74, 6) is -2.62. The molecule has 106 heavy (non-hydrogen) atoms. The van der Waals surface area contributed by atoms with Crippen molar-refractivity contribution in [3.05, 3.63) is 243 Å². The van der Waals surface area contributed by atoms with E-state index in [0.717, 1.165) is 135 Å². The fraction of sp³-hybridized carbons (Fsp3) is 0.494. The van der Waals surface area contributed by atoms with Crippen molar-refractivity contribution in [1.29, 1.82) is 0 Å². The summed E-state index contributed by atoms with van der Waals surface area (Å²) in [6.45, 7) is 4.00. The van der Waals surface area contributed by atoms with Gasteiger partial charge >= 0.3 is 39.5 Å². The van der Waals surface area contributed by atoms with Crippen molar-refractivity contribution in [2.45, 2.75) is 239 Å². The fourth-order valence-corrected chi connectivity index (χ4v) is 10.3. The highest BCUT2D eigenvalue weighted by atomic mass is 31.2. The highest BCUT2D eigenvalue weighted by Gasteiger charge is 2.30. The lowest BCUT2D eigenvalue weighted by molar-refractivity contribution is -0.161. The topological polar surface area (TPSA) is 237 Å². The maximum atomic E-state index is 13.1. The Morgan fingerprint density at radius 3 is 0.840 bits per heavy atom. The average Bonchev–Trinajstić information content (AvgIpc) is 0.902. The molecule has 0 saturated heterocycles. The van der Waals surface area contributed by atoms with Gasteiger partial charge in [0.15, 0.2) is 12.2 Å². The molecule has 0 fully saturated rings. The fourth-order valence-electron chi connectivity index (χ4n) is 8.72. The molecular weight excluding hydrogens is 1380 g/mol. The standard InChI is InChI=1S/C87H130O17P2/c1-5-9-13-17-21-25-29-33-37-39-40-42-45-48-52-56-60-64-68-72-85(90)98-78-83(104-87(92)74-70-66-62-58-54-50-46-41-38-34-30-26-22-18-14-10-6-2)80-102-106(95,96)100-76-81(88)75-99-105(93,94)101-79-82(103-86(91)73-69-65-61-57-53-49-44-36-32-28-24-20-16-12-8-4)77-97-84(89)71-67-63-59-55-51-47-43-35-31-27-23-19-15-11-7-3/h9-16,21-28,33-38,40,42-44,46,48,50-53,55,57-58,62-63,65,67,69,81-83,88H,5-8,17-20,29-32,39,41,45,47,49,54,56,59-61,64,66,68,70-80H2,1-4H3,(H,93,94)(H,95,96)/b13-9-,14-10-,15-11-,16-12-,25-21-,26-22-,27-23-,28-24-,37-33-,38-34-,42-40-,43-35-,44-36-,50-46-,52-48-,55-51-,57-53-,62-58-,67-63-,69-65-. The van der Waals surface area contributed by atoms with Crippen molar-refractivity contribution < 1.29 is 80.2 Å². The van der Waals surface area contributed by atoms with Crippen molar-refractivity contribution in [2.24, 2.45) is 0 Å². The molecular formula is C87H130O17P2. The second-order valence-electron chi connectivity index (χ2n) is 24.1. The number of hydrogen-bond donors (Lipinski definition) is 3. The number of ether oxygens (including phenoxy) is 4. The second-order valence-corrected chi connectivity index (χ2v) is 27.0. The monoisotopic (exact) mass is 1510 g/mol. The third kappa shape index (κ3) is 75.1. The van der Waals surface area contributed by atoms with Crippen LogP contribution in [0.25, 0.3) is 0 Å². The summed E-state index contributed by atoms with van der Waals surface area (Å²) in [6, 6.07) is 0. The van der Waals surface area contributed by atoms with Gasteiger partial charge in [-0.15, -0.1) is 0 Å². The number of aliphatic hydroxyl groups is 1. The normalized spacial score (nSPS) is 15.2. The molecule has 0 aromatic rings. The first kappa shape index (κ1) is 98.9. The van der Waals surface area contributed by atoms with E-state index in [1.54, 1.807) is 24.3 Å². The van der Waals surface area contributed by atoms with E-state index >= 15 is 0 Å². The Hall–Kier alpha value is -7.14. The first-order valence-corrected chi connectivity index (χ1v) is 41.3. The first-order valence-electron chi connectivity index (χ1n) is 38.3. The molecule has 0 rings (SSSR count). The van der Waals surface area contributed by atoms with E-state index in [2.05, 4.69) is 210 Å². The van der Waals surface area contributed by atoms with E-state index < -0.39 is 97.5 Å². The molecule has 3 N–H and O–H groups in total. The van der Waals surface area contributed by atoms with Crippen LogP contribution in [0.3, 0.4) is 0 Å². The maximum Gasteiger partial charge on any atom is 0.472 e. The van der Waals surface area contributed by atoms with Crippen LogP contribution < -0.4 is 0 Å². The third-order valence-corrected chi connectivity index (χ3v) is 16.3.